The Hall–Kier alpha value is -3.49. The zero-order chi connectivity index (χ0) is 35.4. The SMILES string of the molecule is C=CC(=O)N1C[C@H](C)N(c2nc(=O)n3c4c(c(/C(=C/C=C(\C)F)C(=C)F)c(C(F)(F)F)cc24)SC[C@@H]3CN2CCN(C3CC3)CC2)C[C@H]1C. The first-order valence-electron chi connectivity index (χ1n) is 16.6. The topological polar surface area (TPSA) is 64.9 Å². The van der Waals surface area contributed by atoms with Gasteiger partial charge in [-0.2, -0.15) is 18.2 Å². The molecule has 1 aromatic heterocycles. The summed E-state index contributed by atoms with van der Waals surface area (Å²) in [5, 5.41) is 0.102. The van der Waals surface area contributed by atoms with Crippen LogP contribution in [0.25, 0.3) is 16.5 Å². The molecule has 0 N–H and O–H groups in total. The van der Waals surface area contributed by atoms with E-state index in [2.05, 4.69) is 27.9 Å². The first-order valence-corrected chi connectivity index (χ1v) is 17.6. The highest BCUT2D eigenvalue weighted by atomic mass is 32.2. The maximum atomic E-state index is 15.1. The van der Waals surface area contributed by atoms with Crippen molar-refractivity contribution in [2.75, 3.05) is 56.5 Å². The largest absolute Gasteiger partial charge is 0.417 e. The van der Waals surface area contributed by atoms with Gasteiger partial charge in [0.1, 0.15) is 11.6 Å². The number of hydrogen-bond donors (Lipinski definition) is 0. The van der Waals surface area contributed by atoms with E-state index in [1.165, 1.54) is 23.5 Å². The highest BCUT2D eigenvalue weighted by molar-refractivity contribution is 7.99. The number of hydrogen-bond acceptors (Lipinski definition) is 7. The Morgan fingerprint density at radius 1 is 1.08 bits per heavy atom. The Morgan fingerprint density at radius 3 is 2.37 bits per heavy atom. The lowest BCUT2D eigenvalue weighted by Crippen LogP contribution is -2.58. The number of thioether (sulfide) groups is 1. The maximum absolute atomic E-state index is 15.1. The van der Waals surface area contributed by atoms with E-state index >= 15 is 17.6 Å². The number of allylic oxidation sites excluding steroid dienone is 5. The van der Waals surface area contributed by atoms with Crippen LogP contribution in [0.5, 0.6) is 0 Å². The van der Waals surface area contributed by atoms with Crippen molar-refractivity contribution in [2.45, 2.75) is 68.9 Å². The summed E-state index contributed by atoms with van der Waals surface area (Å²) in [5.41, 5.74) is -2.53. The Morgan fingerprint density at radius 2 is 1.78 bits per heavy atom. The molecule has 0 spiro atoms. The average Bonchev–Trinajstić information content (AvgIpc) is 3.89. The van der Waals surface area contributed by atoms with Crippen LogP contribution >= 0.6 is 11.8 Å². The molecular formula is C35H41F5N6O2S. The van der Waals surface area contributed by atoms with E-state index < -0.39 is 52.3 Å². The highest BCUT2D eigenvalue weighted by Crippen LogP contribution is 2.49. The number of rotatable bonds is 8. The molecule has 2 saturated heterocycles. The Balaban J connectivity index is 1.55. The first-order chi connectivity index (χ1) is 23.2. The molecular weight excluding hydrogens is 663 g/mol. The molecule has 0 radical (unpaired) electrons. The molecule has 1 aromatic carbocycles. The van der Waals surface area contributed by atoms with Crippen molar-refractivity contribution in [3.05, 3.63) is 70.7 Å². The van der Waals surface area contributed by atoms with Crippen molar-refractivity contribution in [2.24, 2.45) is 0 Å². The lowest BCUT2D eigenvalue weighted by molar-refractivity contribution is -0.137. The minimum absolute atomic E-state index is 0.0662. The third kappa shape index (κ3) is 6.96. The first kappa shape index (κ1) is 35.3. The Bertz CT molecular complexity index is 1790. The molecule has 3 atom stereocenters. The van der Waals surface area contributed by atoms with Crippen LogP contribution in [0.15, 0.2) is 58.8 Å². The van der Waals surface area contributed by atoms with Crippen LogP contribution < -0.4 is 10.6 Å². The van der Waals surface area contributed by atoms with E-state index in [1.807, 2.05) is 13.8 Å². The molecule has 49 heavy (non-hydrogen) atoms. The molecule has 0 unspecified atom stereocenters. The number of aromatic nitrogens is 2. The van der Waals surface area contributed by atoms with Gasteiger partial charge in [0.2, 0.25) is 5.91 Å². The number of anilines is 1. The van der Waals surface area contributed by atoms with Gasteiger partial charge in [0.05, 0.1) is 22.9 Å². The predicted molar refractivity (Wildman–Crippen MR) is 183 cm³/mol. The van der Waals surface area contributed by atoms with Gasteiger partial charge in [-0.1, -0.05) is 13.2 Å². The Labute approximate surface area is 286 Å². The number of amides is 1. The molecule has 264 valence electrons. The van der Waals surface area contributed by atoms with Gasteiger partial charge < -0.3 is 9.80 Å². The summed E-state index contributed by atoms with van der Waals surface area (Å²) in [4.78, 5) is 39.4. The van der Waals surface area contributed by atoms with E-state index in [0.717, 1.165) is 63.1 Å². The quantitative estimate of drug-likeness (QED) is 0.185. The average molecular weight is 705 g/mol. The zero-order valence-electron chi connectivity index (χ0n) is 27.9. The molecule has 1 amide bonds. The van der Waals surface area contributed by atoms with Crippen LogP contribution in [-0.2, 0) is 11.0 Å². The lowest BCUT2D eigenvalue weighted by Gasteiger charge is -2.45. The van der Waals surface area contributed by atoms with Gasteiger partial charge in [-0.3, -0.25) is 19.2 Å². The molecule has 2 aromatic rings. The van der Waals surface area contributed by atoms with Crippen molar-refractivity contribution in [1.29, 1.82) is 0 Å². The number of carbonyl (C=O) groups excluding carboxylic acids is 1. The standard InChI is InChI=1S/C35H41F5N6O2S/c1-6-29(47)44-16-22(4)45(17-21(44)3)33-27-15-28(35(38,39)40)30(26(23(5)37)10-7-20(2)36)32-31(27)46(34(48)41-33)25(19-49-32)18-42-11-13-43(14-12-42)24-8-9-24/h6-7,10,15,21-22,24-25H,1,5,8-9,11-14,16-19H2,2-4H3/b20-7+,26-10+/t21-,22+,25+/m1/s1. The van der Waals surface area contributed by atoms with Crippen molar-refractivity contribution in [3.63, 3.8) is 0 Å². The number of piperazine rings is 2. The van der Waals surface area contributed by atoms with Crippen LogP contribution in [0.2, 0.25) is 0 Å². The second-order valence-corrected chi connectivity index (χ2v) is 14.5. The summed E-state index contributed by atoms with van der Waals surface area (Å²) in [5.74, 6) is -1.84. The Kier molecular flexibility index (Phi) is 9.86. The molecule has 0 bridgehead atoms. The van der Waals surface area contributed by atoms with Gasteiger partial charge in [0, 0.05) is 91.1 Å². The van der Waals surface area contributed by atoms with Gasteiger partial charge >= 0.3 is 11.9 Å². The third-order valence-electron chi connectivity index (χ3n) is 9.93. The van der Waals surface area contributed by atoms with E-state index in [0.29, 0.717) is 12.6 Å². The molecule has 4 aliphatic rings. The van der Waals surface area contributed by atoms with Crippen molar-refractivity contribution in [3.8, 4) is 0 Å². The van der Waals surface area contributed by atoms with Crippen molar-refractivity contribution in [1.82, 2.24) is 24.3 Å². The number of halogens is 5. The number of benzene rings is 1. The van der Waals surface area contributed by atoms with E-state index in [4.69, 9.17) is 0 Å². The van der Waals surface area contributed by atoms with Crippen LogP contribution in [0.4, 0.5) is 27.8 Å². The van der Waals surface area contributed by atoms with Crippen LogP contribution in [0.3, 0.4) is 0 Å². The van der Waals surface area contributed by atoms with Gasteiger partial charge in [-0.15, -0.1) is 11.8 Å². The fourth-order valence-corrected chi connectivity index (χ4v) is 8.66. The fraction of sp³-hybridized carbons (Fsp3) is 0.514. The number of alkyl halides is 3. The van der Waals surface area contributed by atoms with Gasteiger partial charge in [0.25, 0.3) is 0 Å². The summed E-state index contributed by atoms with van der Waals surface area (Å²) in [6.45, 7) is 16.0. The van der Waals surface area contributed by atoms with Crippen LogP contribution in [-0.4, -0.2) is 99.8 Å². The molecule has 3 fully saturated rings. The second kappa shape index (κ2) is 13.7. The molecule has 14 heteroatoms. The summed E-state index contributed by atoms with van der Waals surface area (Å²) in [7, 11) is 0. The molecule has 6 rings (SSSR count). The summed E-state index contributed by atoms with van der Waals surface area (Å²) >= 11 is 1.13. The van der Waals surface area contributed by atoms with Gasteiger partial charge in [-0.05, 0) is 57.9 Å². The van der Waals surface area contributed by atoms with Gasteiger partial charge in [0.15, 0.2) is 0 Å². The number of carbonyl (C=O) groups is 1. The predicted octanol–water partition coefficient (Wildman–Crippen LogP) is 6.19. The highest BCUT2D eigenvalue weighted by Gasteiger charge is 2.42. The molecule has 1 saturated carbocycles. The lowest BCUT2D eigenvalue weighted by atomic mass is 9.94. The van der Waals surface area contributed by atoms with Crippen LogP contribution in [0, 0.1) is 0 Å². The monoisotopic (exact) mass is 704 g/mol. The van der Waals surface area contributed by atoms with Gasteiger partial charge in [-0.25, -0.2) is 13.6 Å². The normalized spacial score (nSPS) is 24.4. The maximum Gasteiger partial charge on any atom is 0.417 e. The zero-order valence-corrected chi connectivity index (χ0v) is 28.7. The van der Waals surface area contributed by atoms with Crippen molar-refractivity contribution < 1.29 is 26.7 Å². The van der Waals surface area contributed by atoms with E-state index in [1.54, 1.807) is 9.80 Å². The molecule has 8 nitrogen and oxygen atoms in total. The third-order valence-corrected chi connectivity index (χ3v) is 11.2. The minimum atomic E-state index is -4.95. The summed E-state index contributed by atoms with van der Waals surface area (Å²) in [6, 6.07) is 0.400. The summed E-state index contributed by atoms with van der Waals surface area (Å²) in [6.07, 6.45) is 0.545. The smallest absolute Gasteiger partial charge is 0.349 e. The molecule has 3 aliphatic heterocycles. The molecule has 1 aliphatic carbocycles. The van der Waals surface area contributed by atoms with Crippen LogP contribution in [0.1, 0.15) is 50.8 Å². The van der Waals surface area contributed by atoms with Crippen molar-refractivity contribution >= 4 is 40.0 Å². The minimum Gasteiger partial charge on any atom is -0.349 e. The summed E-state index contributed by atoms with van der Waals surface area (Å²) < 4.78 is 75.6. The van der Waals surface area contributed by atoms with E-state index in [-0.39, 0.29) is 52.4 Å². The molecule has 4 heterocycles. The number of nitrogens with zero attached hydrogens (tertiary/aromatic N) is 6. The van der Waals surface area contributed by atoms with E-state index in [9.17, 15) is 14.0 Å². The fourth-order valence-electron chi connectivity index (χ4n) is 7.34. The second-order valence-electron chi connectivity index (χ2n) is 13.4.